The van der Waals surface area contributed by atoms with Gasteiger partial charge >= 0.3 is 5.97 Å². The highest BCUT2D eigenvalue weighted by atomic mass is 79.9. The fraction of sp³-hybridized carbons (Fsp3) is 0.188. The summed E-state index contributed by atoms with van der Waals surface area (Å²) in [6, 6.07) is 30.0. The van der Waals surface area contributed by atoms with Crippen LogP contribution in [0.1, 0.15) is 21.5 Å². The highest BCUT2D eigenvalue weighted by Gasteiger charge is 2.28. The Labute approximate surface area is 254 Å². The van der Waals surface area contributed by atoms with Crippen molar-refractivity contribution in [3.05, 3.63) is 130 Å². The summed E-state index contributed by atoms with van der Waals surface area (Å²) >= 11 is 3.32. The van der Waals surface area contributed by atoms with Crippen molar-refractivity contribution in [3.8, 4) is 5.75 Å². The Morgan fingerprint density at radius 3 is 1.98 bits per heavy atom. The number of methoxy groups -OCH3 is 1. The molecule has 0 heterocycles. The summed E-state index contributed by atoms with van der Waals surface area (Å²) in [7, 11) is -2.69. The van der Waals surface area contributed by atoms with Gasteiger partial charge in [0.05, 0.1) is 13.2 Å². The molecule has 2 atom stereocenters. The summed E-state index contributed by atoms with van der Waals surface area (Å²) in [5.74, 6) is -0.926. The Bertz CT molecular complexity index is 1590. The van der Waals surface area contributed by atoms with Crippen LogP contribution < -0.4 is 14.8 Å². The first-order valence-electron chi connectivity index (χ1n) is 13.2. The van der Waals surface area contributed by atoms with Crippen molar-refractivity contribution in [2.75, 3.05) is 13.7 Å². The van der Waals surface area contributed by atoms with Gasteiger partial charge in [0.1, 0.15) is 23.3 Å². The second kappa shape index (κ2) is 14.8. The average molecular weight is 652 g/mol. The Kier molecular flexibility index (Phi) is 10.9. The molecule has 42 heavy (non-hydrogen) atoms. The highest BCUT2D eigenvalue weighted by Crippen LogP contribution is 2.27. The number of halogens is 1. The van der Waals surface area contributed by atoms with Gasteiger partial charge in [-0.1, -0.05) is 94.8 Å². The number of carbonyl (C=O) groups is 2. The van der Waals surface area contributed by atoms with Crippen LogP contribution in [0.25, 0.3) is 0 Å². The molecule has 0 saturated carbocycles. The zero-order chi connectivity index (χ0) is 30.0. The van der Waals surface area contributed by atoms with Crippen molar-refractivity contribution in [1.82, 2.24) is 10.0 Å². The lowest BCUT2D eigenvalue weighted by Crippen LogP contribution is -2.46. The fourth-order valence-corrected chi connectivity index (χ4v) is 6.26. The predicted octanol–water partition coefficient (Wildman–Crippen LogP) is 4.93. The minimum Gasteiger partial charge on any atom is -0.495 e. The number of benzene rings is 4. The van der Waals surface area contributed by atoms with E-state index in [2.05, 4.69) is 26.0 Å². The third-order valence-electron chi connectivity index (χ3n) is 6.40. The standard InChI is InChI=1S/C32H31BrN2O6S/c1-40-29-18-17-26(33)21-30(29)42(38,39)35-27(19-23-11-5-2-6-12-23)22-41-32(37)28(20-24-13-7-3-8-14-24)34-31(36)25-15-9-4-10-16-25/h2-18,21,27-28,35H,19-20,22H2,1H3,(H,34,36)/t27-,28-/m1/s1. The maximum absolute atomic E-state index is 13.5. The zero-order valence-corrected chi connectivity index (χ0v) is 25.3. The maximum Gasteiger partial charge on any atom is 0.329 e. The van der Waals surface area contributed by atoms with Crippen molar-refractivity contribution < 1.29 is 27.5 Å². The number of ether oxygens (including phenoxy) is 2. The van der Waals surface area contributed by atoms with Crippen molar-refractivity contribution in [1.29, 1.82) is 0 Å². The molecule has 0 aromatic heterocycles. The Balaban J connectivity index is 1.55. The van der Waals surface area contributed by atoms with Crippen molar-refractivity contribution in [2.45, 2.75) is 29.8 Å². The SMILES string of the molecule is COc1ccc(Br)cc1S(=O)(=O)N[C@@H](COC(=O)[C@@H](Cc1ccccc1)NC(=O)c1ccccc1)Cc1ccccc1. The molecule has 4 aromatic carbocycles. The minimum atomic E-state index is -4.08. The third kappa shape index (κ3) is 8.75. The van der Waals surface area contributed by atoms with E-state index in [9.17, 15) is 18.0 Å². The summed E-state index contributed by atoms with van der Waals surface area (Å²) in [6.07, 6.45) is 0.450. The van der Waals surface area contributed by atoms with Gasteiger partial charge in [-0.15, -0.1) is 0 Å². The van der Waals surface area contributed by atoms with Crippen molar-refractivity contribution in [2.24, 2.45) is 0 Å². The van der Waals surface area contributed by atoms with Gasteiger partial charge in [0.25, 0.3) is 5.91 Å². The molecule has 1 amide bonds. The van der Waals surface area contributed by atoms with E-state index >= 15 is 0 Å². The first-order valence-corrected chi connectivity index (χ1v) is 15.5. The molecule has 218 valence electrons. The van der Waals surface area contributed by atoms with Crippen LogP contribution in [-0.2, 0) is 32.4 Å². The smallest absolute Gasteiger partial charge is 0.329 e. The summed E-state index contributed by atoms with van der Waals surface area (Å²) in [5.41, 5.74) is 2.08. The van der Waals surface area contributed by atoms with Gasteiger partial charge in [-0.2, -0.15) is 0 Å². The maximum atomic E-state index is 13.5. The monoisotopic (exact) mass is 650 g/mol. The number of esters is 1. The quantitative estimate of drug-likeness (QED) is 0.199. The molecule has 0 aliphatic carbocycles. The second-order valence-corrected chi connectivity index (χ2v) is 12.1. The molecule has 0 aliphatic rings. The Morgan fingerprint density at radius 1 is 0.810 bits per heavy atom. The normalized spacial score (nSPS) is 12.6. The topological polar surface area (TPSA) is 111 Å². The Hall–Kier alpha value is -3.99. The van der Waals surface area contributed by atoms with Gasteiger partial charge in [0.15, 0.2) is 0 Å². The van der Waals surface area contributed by atoms with Gasteiger partial charge in [-0.3, -0.25) is 4.79 Å². The zero-order valence-electron chi connectivity index (χ0n) is 22.9. The van der Waals surface area contributed by atoms with E-state index in [4.69, 9.17) is 9.47 Å². The number of nitrogens with one attached hydrogen (secondary N) is 2. The summed E-state index contributed by atoms with van der Waals surface area (Å²) in [4.78, 5) is 26.3. The lowest BCUT2D eigenvalue weighted by molar-refractivity contribution is -0.146. The molecule has 2 N–H and O–H groups in total. The molecular weight excluding hydrogens is 620 g/mol. The van der Waals surface area contributed by atoms with Gasteiger partial charge in [0.2, 0.25) is 10.0 Å². The predicted molar refractivity (Wildman–Crippen MR) is 164 cm³/mol. The molecule has 0 radical (unpaired) electrons. The number of hydrogen-bond acceptors (Lipinski definition) is 6. The van der Waals surface area contributed by atoms with Crippen LogP contribution in [0.3, 0.4) is 0 Å². The first-order chi connectivity index (χ1) is 20.2. The van der Waals surface area contributed by atoms with Crippen LogP contribution in [0.2, 0.25) is 0 Å². The lowest BCUT2D eigenvalue weighted by atomic mass is 10.1. The molecule has 0 bridgehead atoms. The van der Waals surface area contributed by atoms with Crippen LogP contribution >= 0.6 is 15.9 Å². The van der Waals surface area contributed by atoms with E-state index in [1.165, 1.54) is 13.2 Å². The summed E-state index contributed by atoms with van der Waals surface area (Å²) in [5, 5.41) is 2.78. The van der Waals surface area contributed by atoms with Crippen LogP contribution in [0.5, 0.6) is 5.75 Å². The van der Waals surface area contributed by atoms with Gasteiger partial charge in [0, 0.05) is 16.5 Å². The van der Waals surface area contributed by atoms with Gasteiger partial charge < -0.3 is 14.8 Å². The van der Waals surface area contributed by atoms with Crippen LogP contribution in [0, 0.1) is 0 Å². The largest absolute Gasteiger partial charge is 0.495 e. The summed E-state index contributed by atoms with van der Waals surface area (Å²) in [6.45, 7) is -0.268. The molecule has 0 spiro atoms. The molecule has 10 heteroatoms. The van der Waals surface area contributed by atoms with E-state index in [0.29, 0.717) is 10.0 Å². The van der Waals surface area contributed by atoms with E-state index in [-0.39, 0.29) is 30.1 Å². The molecule has 0 aliphatic heterocycles. The number of carbonyl (C=O) groups excluding carboxylic acids is 2. The molecule has 4 aromatic rings. The van der Waals surface area contributed by atoms with E-state index < -0.39 is 34.0 Å². The van der Waals surface area contributed by atoms with E-state index in [1.54, 1.807) is 42.5 Å². The third-order valence-corrected chi connectivity index (χ3v) is 8.43. The molecule has 0 fully saturated rings. The minimum absolute atomic E-state index is 0.0548. The van der Waals surface area contributed by atoms with Crippen molar-refractivity contribution in [3.63, 3.8) is 0 Å². The summed E-state index contributed by atoms with van der Waals surface area (Å²) < 4.78 is 41.2. The molecular formula is C32H31BrN2O6S. The van der Waals surface area contributed by atoms with Crippen LogP contribution in [-0.4, -0.2) is 46.1 Å². The van der Waals surface area contributed by atoms with Crippen molar-refractivity contribution >= 4 is 37.8 Å². The number of hydrogen-bond donors (Lipinski definition) is 2. The van der Waals surface area contributed by atoms with Crippen LogP contribution in [0.15, 0.2) is 119 Å². The molecule has 4 rings (SSSR count). The molecule has 0 saturated heterocycles. The lowest BCUT2D eigenvalue weighted by Gasteiger charge is -2.22. The van der Waals surface area contributed by atoms with Gasteiger partial charge in [-0.05, 0) is 47.9 Å². The number of amides is 1. The van der Waals surface area contributed by atoms with Gasteiger partial charge in [-0.25, -0.2) is 17.9 Å². The number of sulfonamides is 1. The fourth-order valence-electron chi connectivity index (χ4n) is 4.33. The molecule has 8 nitrogen and oxygen atoms in total. The van der Waals surface area contributed by atoms with Crippen LogP contribution in [0.4, 0.5) is 0 Å². The highest BCUT2D eigenvalue weighted by molar-refractivity contribution is 9.10. The second-order valence-electron chi connectivity index (χ2n) is 9.51. The number of rotatable bonds is 13. The van der Waals surface area contributed by atoms with E-state index in [1.807, 2.05) is 60.7 Å². The molecule has 0 unspecified atom stereocenters. The Morgan fingerprint density at radius 2 is 1.38 bits per heavy atom. The average Bonchev–Trinajstić information content (AvgIpc) is 3.00. The van der Waals surface area contributed by atoms with E-state index in [0.717, 1.165) is 11.1 Å². The first kappa shape index (κ1) is 31.0.